The van der Waals surface area contributed by atoms with Crippen molar-refractivity contribution >= 4 is 29.1 Å². The van der Waals surface area contributed by atoms with Gasteiger partial charge in [0.05, 0.1) is 0 Å². The quantitative estimate of drug-likeness (QED) is 0.739. The first-order valence-electron chi connectivity index (χ1n) is 7.04. The van der Waals surface area contributed by atoms with Gasteiger partial charge in [0, 0.05) is 24.3 Å². The van der Waals surface area contributed by atoms with E-state index in [0.717, 1.165) is 25.7 Å². The molecule has 0 heterocycles. The van der Waals surface area contributed by atoms with E-state index in [4.69, 9.17) is 0 Å². The molecular formula is C15H19N3O3. The lowest BCUT2D eigenvalue weighted by Crippen LogP contribution is -2.40. The molecule has 6 heteroatoms. The molecule has 1 fully saturated rings. The van der Waals surface area contributed by atoms with E-state index >= 15 is 0 Å². The number of carbonyl (C=O) groups is 3. The van der Waals surface area contributed by atoms with Crippen LogP contribution in [-0.4, -0.2) is 23.8 Å². The predicted molar refractivity (Wildman–Crippen MR) is 79.8 cm³/mol. The second-order valence-corrected chi connectivity index (χ2v) is 5.17. The van der Waals surface area contributed by atoms with Crippen LogP contribution >= 0.6 is 0 Å². The average molecular weight is 289 g/mol. The standard InChI is InChI=1S/C15H19N3O3/c1-10(19)16-12-7-4-8-13(9-12)18-15(21)14(20)17-11-5-2-3-6-11/h4,7-9,11H,2-3,5-6H2,1H3,(H,16,19)(H,17,20)(H,18,21). The van der Waals surface area contributed by atoms with Gasteiger partial charge < -0.3 is 16.0 Å². The van der Waals surface area contributed by atoms with Crippen LogP contribution in [0.2, 0.25) is 0 Å². The predicted octanol–water partition coefficient (Wildman–Crippen LogP) is 1.64. The number of amides is 3. The molecule has 0 saturated heterocycles. The Morgan fingerprint density at radius 1 is 1.00 bits per heavy atom. The minimum atomic E-state index is -0.693. The second kappa shape index (κ2) is 6.88. The molecule has 0 spiro atoms. The summed E-state index contributed by atoms with van der Waals surface area (Å²) in [5.41, 5.74) is 1.03. The third-order valence-corrected chi connectivity index (χ3v) is 3.34. The third kappa shape index (κ3) is 4.59. The van der Waals surface area contributed by atoms with E-state index in [1.165, 1.54) is 6.92 Å². The van der Waals surface area contributed by atoms with Crippen molar-refractivity contribution in [3.05, 3.63) is 24.3 Å². The fraction of sp³-hybridized carbons (Fsp3) is 0.400. The van der Waals surface area contributed by atoms with Gasteiger partial charge in [0.25, 0.3) is 0 Å². The Morgan fingerprint density at radius 3 is 2.24 bits per heavy atom. The van der Waals surface area contributed by atoms with Crippen LogP contribution in [0, 0.1) is 0 Å². The molecule has 1 aliphatic carbocycles. The van der Waals surface area contributed by atoms with E-state index in [2.05, 4.69) is 16.0 Å². The number of benzene rings is 1. The highest BCUT2D eigenvalue weighted by molar-refractivity contribution is 6.39. The minimum Gasteiger partial charge on any atom is -0.345 e. The zero-order valence-electron chi connectivity index (χ0n) is 11.9. The minimum absolute atomic E-state index is 0.106. The van der Waals surface area contributed by atoms with Gasteiger partial charge in [-0.1, -0.05) is 18.9 Å². The Morgan fingerprint density at radius 2 is 1.62 bits per heavy atom. The first-order valence-corrected chi connectivity index (χ1v) is 7.04. The van der Waals surface area contributed by atoms with E-state index < -0.39 is 11.8 Å². The third-order valence-electron chi connectivity index (χ3n) is 3.34. The normalized spacial score (nSPS) is 14.5. The van der Waals surface area contributed by atoms with Crippen molar-refractivity contribution in [3.8, 4) is 0 Å². The maximum atomic E-state index is 11.8. The first kappa shape index (κ1) is 15.0. The molecule has 0 radical (unpaired) electrons. The smallest absolute Gasteiger partial charge is 0.313 e. The molecule has 0 atom stereocenters. The van der Waals surface area contributed by atoms with Crippen molar-refractivity contribution in [2.45, 2.75) is 38.6 Å². The van der Waals surface area contributed by atoms with Gasteiger partial charge in [-0.3, -0.25) is 14.4 Å². The van der Waals surface area contributed by atoms with Crippen molar-refractivity contribution in [2.75, 3.05) is 10.6 Å². The van der Waals surface area contributed by atoms with Gasteiger partial charge in [-0.2, -0.15) is 0 Å². The molecule has 1 aromatic carbocycles. The molecule has 21 heavy (non-hydrogen) atoms. The van der Waals surface area contributed by atoms with Crippen molar-refractivity contribution < 1.29 is 14.4 Å². The maximum absolute atomic E-state index is 11.8. The summed E-state index contributed by atoms with van der Waals surface area (Å²) in [7, 11) is 0. The molecule has 3 amide bonds. The summed E-state index contributed by atoms with van der Waals surface area (Å²) in [4.78, 5) is 34.6. The van der Waals surface area contributed by atoms with Crippen molar-refractivity contribution in [1.82, 2.24) is 5.32 Å². The molecular weight excluding hydrogens is 270 g/mol. The van der Waals surface area contributed by atoms with Crippen LogP contribution in [0.1, 0.15) is 32.6 Å². The Hall–Kier alpha value is -2.37. The van der Waals surface area contributed by atoms with Gasteiger partial charge in [0.1, 0.15) is 0 Å². The Kier molecular flexibility index (Phi) is 4.92. The molecule has 6 nitrogen and oxygen atoms in total. The lowest BCUT2D eigenvalue weighted by molar-refractivity contribution is -0.136. The maximum Gasteiger partial charge on any atom is 0.313 e. The SMILES string of the molecule is CC(=O)Nc1cccc(NC(=O)C(=O)NC2CCCC2)c1. The molecule has 2 rings (SSSR count). The zero-order chi connectivity index (χ0) is 15.2. The lowest BCUT2D eigenvalue weighted by atomic mass is 10.2. The van der Waals surface area contributed by atoms with Crippen LogP contribution < -0.4 is 16.0 Å². The van der Waals surface area contributed by atoms with E-state index in [-0.39, 0.29) is 11.9 Å². The topological polar surface area (TPSA) is 87.3 Å². The Bertz CT molecular complexity index is 551. The molecule has 0 aromatic heterocycles. The Labute approximate surface area is 123 Å². The summed E-state index contributed by atoms with van der Waals surface area (Å²) in [6, 6.07) is 6.76. The number of anilines is 2. The van der Waals surface area contributed by atoms with Crippen LogP contribution in [0.25, 0.3) is 0 Å². The first-order chi connectivity index (χ1) is 10.0. The number of nitrogens with one attached hydrogen (secondary N) is 3. The van der Waals surface area contributed by atoms with Gasteiger partial charge in [-0.15, -0.1) is 0 Å². The molecule has 1 aromatic rings. The number of hydrogen-bond donors (Lipinski definition) is 3. The van der Waals surface area contributed by atoms with Gasteiger partial charge in [-0.05, 0) is 31.0 Å². The van der Waals surface area contributed by atoms with Crippen molar-refractivity contribution in [3.63, 3.8) is 0 Å². The lowest BCUT2D eigenvalue weighted by Gasteiger charge is -2.12. The summed E-state index contributed by atoms with van der Waals surface area (Å²) in [6.45, 7) is 1.40. The largest absolute Gasteiger partial charge is 0.345 e. The van der Waals surface area contributed by atoms with E-state index in [9.17, 15) is 14.4 Å². The van der Waals surface area contributed by atoms with Crippen LogP contribution in [0.4, 0.5) is 11.4 Å². The van der Waals surface area contributed by atoms with Crippen LogP contribution in [-0.2, 0) is 14.4 Å². The number of carbonyl (C=O) groups excluding carboxylic acids is 3. The number of hydrogen-bond acceptors (Lipinski definition) is 3. The summed E-state index contributed by atoms with van der Waals surface area (Å²) >= 11 is 0. The van der Waals surface area contributed by atoms with E-state index in [1.54, 1.807) is 24.3 Å². The molecule has 1 saturated carbocycles. The number of rotatable bonds is 3. The fourth-order valence-corrected chi connectivity index (χ4v) is 2.39. The van der Waals surface area contributed by atoms with Crippen LogP contribution in [0.5, 0.6) is 0 Å². The molecule has 1 aliphatic rings. The Balaban J connectivity index is 1.92. The van der Waals surface area contributed by atoms with E-state index in [1.807, 2.05) is 0 Å². The molecule has 0 aliphatic heterocycles. The summed E-state index contributed by atoms with van der Waals surface area (Å²) < 4.78 is 0. The van der Waals surface area contributed by atoms with Crippen LogP contribution in [0.3, 0.4) is 0 Å². The second-order valence-electron chi connectivity index (χ2n) is 5.17. The average Bonchev–Trinajstić information content (AvgIpc) is 2.91. The summed E-state index contributed by atoms with van der Waals surface area (Å²) in [5, 5.41) is 7.87. The van der Waals surface area contributed by atoms with Gasteiger partial charge >= 0.3 is 11.8 Å². The monoisotopic (exact) mass is 289 g/mol. The highest BCUT2D eigenvalue weighted by atomic mass is 16.2. The van der Waals surface area contributed by atoms with Gasteiger partial charge in [0.2, 0.25) is 5.91 Å². The van der Waals surface area contributed by atoms with Gasteiger partial charge in [0.15, 0.2) is 0 Å². The van der Waals surface area contributed by atoms with Gasteiger partial charge in [-0.25, -0.2) is 0 Å². The fourth-order valence-electron chi connectivity index (χ4n) is 2.39. The highest BCUT2D eigenvalue weighted by Crippen LogP contribution is 2.18. The summed E-state index contributed by atoms with van der Waals surface area (Å²) in [5.74, 6) is -1.51. The molecule has 112 valence electrons. The molecule has 0 bridgehead atoms. The van der Waals surface area contributed by atoms with Crippen molar-refractivity contribution in [2.24, 2.45) is 0 Å². The highest BCUT2D eigenvalue weighted by Gasteiger charge is 2.21. The summed E-state index contributed by atoms with van der Waals surface area (Å²) in [6.07, 6.45) is 4.03. The molecule has 0 unspecified atom stereocenters. The molecule has 3 N–H and O–H groups in total. The van der Waals surface area contributed by atoms with Crippen molar-refractivity contribution in [1.29, 1.82) is 0 Å². The van der Waals surface area contributed by atoms with E-state index in [0.29, 0.717) is 11.4 Å². The van der Waals surface area contributed by atoms with Crippen LogP contribution in [0.15, 0.2) is 24.3 Å². The zero-order valence-corrected chi connectivity index (χ0v) is 11.9.